The van der Waals surface area contributed by atoms with E-state index in [9.17, 15) is 4.79 Å². The van der Waals surface area contributed by atoms with E-state index in [4.69, 9.17) is 10.3 Å². The van der Waals surface area contributed by atoms with Crippen LogP contribution in [0.5, 0.6) is 0 Å². The van der Waals surface area contributed by atoms with E-state index in [2.05, 4.69) is 15.5 Å². The van der Waals surface area contributed by atoms with Gasteiger partial charge in [-0.15, -0.1) is 0 Å². The van der Waals surface area contributed by atoms with E-state index >= 15 is 0 Å². The summed E-state index contributed by atoms with van der Waals surface area (Å²) in [6.45, 7) is 1.75. The van der Waals surface area contributed by atoms with Crippen molar-refractivity contribution in [1.82, 2.24) is 15.5 Å². The van der Waals surface area contributed by atoms with Crippen LogP contribution in [-0.2, 0) is 5.54 Å². The van der Waals surface area contributed by atoms with Crippen molar-refractivity contribution in [1.29, 1.82) is 0 Å². The molecule has 6 nitrogen and oxygen atoms in total. The van der Waals surface area contributed by atoms with Crippen LogP contribution in [0.15, 0.2) is 34.9 Å². The van der Waals surface area contributed by atoms with Gasteiger partial charge in [0.1, 0.15) is 5.54 Å². The molecule has 0 spiro atoms. The lowest BCUT2D eigenvalue weighted by Crippen LogP contribution is -2.34. The van der Waals surface area contributed by atoms with Crippen molar-refractivity contribution < 1.29 is 9.32 Å². The van der Waals surface area contributed by atoms with E-state index in [1.807, 2.05) is 30.3 Å². The third-order valence-electron chi connectivity index (χ3n) is 2.67. The molecule has 1 atom stereocenters. The Morgan fingerprint density at radius 3 is 2.67 bits per heavy atom. The lowest BCUT2D eigenvalue weighted by atomic mass is 9.93. The van der Waals surface area contributed by atoms with Crippen LogP contribution in [0.25, 0.3) is 0 Å². The Labute approximate surface area is 104 Å². The Balaban J connectivity index is 2.36. The fourth-order valence-corrected chi connectivity index (χ4v) is 1.55. The zero-order chi connectivity index (χ0) is 13.2. The summed E-state index contributed by atoms with van der Waals surface area (Å²) in [6, 6.07) is 9.36. The summed E-state index contributed by atoms with van der Waals surface area (Å²) >= 11 is 0. The fraction of sp³-hybridized carbons (Fsp3) is 0.250. The number of hydrogen-bond acceptors (Lipinski definition) is 5. The fourth-order valence-electron chi connectivity index (χ4n) is 1.55. The minimum atomic E-state index is -0.930. The number of nitrogens with one attached hydrogen (secondary N) is 1. The Hall–Kier alpha value is -2.21. The molecule has 0 aliphatic heterocycles. The van der Waals surface area contributed by atoms with Gasteiger partial charge < -0.3 is 15.6 Å². The standard InChI is InChI=1S/C12H14N4O2/c1-12(13,8-6-4-3-5-7-8)11-15-9(16-18-11)10(17)14-2/h3-7H,13H2,1-2H3,(H,14,17). The first-order chi connectivity index (χ1) is 8.55. The molecule has 3 N–H and O–H groups in total. The van der Waals surface area contributed by atoms with Crippen LogP contribution in [0, 0.1) is 0 Å². The molecule has 1 aromatic carbocycles. The predicted octanol–water partition coefficient (Wildman–Crippen LogP) is 0.651. The van der Waals surface area contributed by atoms with Crippen molar-refractivity contribution >= 4 is 5.91 Å². The zero-order valence-electron chi connectivity index (χ0n) is 10.2. The van der Waals surface area contributed by atoms with Crippen LogP contribution < -0.4 is 11.1 Å². The highest BCUT2D eigenvalue weighted by Gasteiger charge is 2.31. The number of carbonyl (C=O) groups excluding carboxylic acids is 1. The molecule has 1 heterocycles. The number of carbonyl (C=O) groups is 1. The molecule has 6 heteroatoms. The first-order valence-corrected chi connectivity index (χ1v) is 5.46. The summed E-state index contributed by atoms with van der Waals surface area (Å²) in [6.07, 6.45) is 0. The quantitative estimate of drug-likeness (QED) is 0.829. The van der Waals surface area contributed by atoms with Gasteiger partial charge in [-0.3, -0.25) is 4.79 Å². The number of nitrogens with zero attached hydrogens (tertiary/aromatic N) is 2. The summed E-state index contributed by atoms with van der Waals surface area (Å²) in [4.78, 5) is 15.4. The van der Waals surface area contributed by atoms with Crippen LogP contribution in [-0.4, -0.2) is 23.1 Å². The van der Waals surface area contributed by atoms with E-state index in [1.54, 1.807) is 6.92 Å². The summed E-state index contributed by atoms with van der Waals surface area (Å²) in [5.74, 6) is -0.235. The van der Waals surface area contributed by atoms with Gasteiger partial charge in [0, 0.05) is 7.05 Å². The van der Waals surface area contributed by atoms with Crippen molar-refractivity contribution in [2.75, 3.05) is 7.05 Å². The zero-order valence-corrected chi connectivity index (χ0v) is 10.2. The molecule has 0 saturated heterocycles. The van der Waals surface area contributed by atoms with Gasteiger partial charge in [-0.2, -0.15) is 4.98 Å². The molecule has 94 valence electrons. The lowest BCUT2D eigenvalue weighted by molar-refractivity contribution is 0.0950. The summed E-state index contributed by atoms with van der Waals surface area (Å²) in [5.41, 5.74) is 6.09. The predicted molar refractivity (Wildman–Crippen MR) is 64.8 cm³/mol. The third-order valence-corrected chi connectivity index (χ3v) is 2.67. The molecular formula is C12H14N4O2. The molecule has 2 rings (SSSR count). The maximum atomic E-state index is 11.4. The highest BCUT2D eigenvalue weighted by Crippen LogP contribution is 2.24. The molecular weight excluding hydrogens is 232 g/mol. The number of hydrogen-bond donors (Lipinski definition) is 2. The third kappa shape index (κ3) is 2.10. The van der Waals surface area contributed by atoms with E-state index in [0.29, 0.717) is 0 Å². The van der Waals surface area contributed by atoms with E-state index < -0.39 is 11.4 Å². The minimum Gasteiger partial charge on any atom is -0.352 e. The first-order valence-electron chi connectivity index (χ1n) is 5.46. The van der Waals surface area contributed by atoms with Gasteiger partial charge in [-0.1, -0.05) is 35.5 Å². The minimum absolute atomic E-state index is 0.0277. The van der Waals surface area contributed by atoms with E-state index in [-0.39, 0.29) is 11.7 Å². The van der Waals surface area contributed by atoms with Gasteiger partial charge in [0.05, 0.1) is 0 Å². The van der Waals surface area contributed by atoms with Crippen molar-refractivity contribution in [3.63, 3.8) is 0 Å². The SMILES string of the molecule is CNC(=O)c1noc(C(C)(N)c2ccccc2)n1. The van der Waals surface area contributed by atoms with Gasteiger partial charge in [-0.25, -0.2) is 0 Å². The average Bonchev–Trinajstić information content (AvgIpc) is 2.89. The summed E-state index contributed by atoms with van der Waals surface area (Å²) in [7, 11) is 1.50. The highest BCUT2D eigenvalue weighted by molar-refractivity contribution is 5.89. The highest BCUT2D eigenvalue weighted by atomic mass is 16.5. The van der Waals surface area contributed by atoms with Gasteiger partial charge >= 0.3 is 0 Å². The van der Waals surface area contributed by atoms with Gasteiger partial charge in [0.25, 0.3) is 17.6 Å². The Kier molecular flexibility index (Phi) is 3.12. The molecule has 1 aromatic heterocycles. The molecule has 0 fully saturated rings. The molecule has 0 radical (unpaired) electrons. The average molecular weight is 246 g/mol. The monoisotopic (exact) mass is 246 g/mol. The molecule has 2 aromatic rings. The smallest absolute Gasteiger partial charge is 0.292 e. The van der Waals surface area contributed by atoms with Gasteiger partial charge in [0.2, 0.25) is 0 Å². The number of nitrogens with two attached hydrogens (primary N) is 1. The molecule has 0 aliphatic rings. The van der Waals surface area contributed by atoms with Crippen LogP contribution in [0.4, 0.5) is 0 Å². The molecule has 18 heavy (non-hydrogen) atoms. The molecule has 0 saturated carbocycles. The Morgan fingerprint density at radius 1 is 1.39 bits per heavy atom. The lowest BCUT2D eigenvalue weighted by Gasteiger charge is -2.19. The molecule has 0 bridgehead atoms. The van der Waals surface area contributed by atoms with Crippen molar-refractivity contribution in [2.24, 2.45) is 5.73 Å². The molecule has 1 amide bonds. The number of aromatic nitrogens is 2. The second-order valence-corrected chi connectivity index (χ2v) is 4.07. The van der Waals surface area contributed by atoms with Crippen molar-refractivity contribution in [3.8, 4) is 0 Å². The maximum Gasteiger partial charge on any atom is 0.292 e. The number of benzene rings is 1. The van der Waals surface area contributed by atoms with Crippen molar-refractivity contribution in [2.45, 2.75) is 12.5 Å². The van der Waals surface area contributed by atoms with Crippen LogP contribution in [0.1, 0.15) is 29.0 Å². The molecule has 1 unspecified atom stereocenters. The summed E-state index contributed by atoms with van der Waals surface area (Å²) in [5, 5.41) is 6.02. The Morgan fingerprint density at radius 2 is 2.06 bits per heavy atom. The van der Waals surface area contributed by atoms with Crippen molar-refractivity contribution in [3.05, 3.63) is 47.6 Å². The number of amides is 1. The topological polar surface area (TPSA) is 94.0 Å². The Bertz CT molecular complexity index is 548. The largest absolute Gasteiger partial charge is 0.352 e. The van der Waals surface area contributed by atoms with E-state index in [0.717, 1.165) is 5.56 Å². The normalized spacial score (nSPS) is 13.9. The van der Waals surface area contributed by atoms with Crippen LogP contribution in [0.2, 0.25) is 0 Å². The number of rotatable bonds is 3. The first kappa shape index (κ1) is 12.3. The summed E-state index contributed by atoms with van der Waals surface area (Å²) < 4.78 is 5.06. The second-order valence-electron chi connectivity index (χ2n) is 4.07. The maximum absolute atomic E-state index is 11.4. The van der Waals surface area contributed by atoms with E-state index in [1.165, 1.54) is 7.05 Å². The van der Waals surface area contributed by atoms with Gasteiger partial charge in [-0.05, 0) is 12.5 Å². The van der Waals surface area contributed by atoms with Gasteiger partial charge in [0.15, 0.2) is 0 Å². The molecule has 0 aliphatic carbocycles. The van der Waals surface area contributed by atoms with Crippen LogP contribution >= 0.6 is 0 Å². The second kappa shape index (κ2) is 4.58. The van der Waals surface area contributed by atoms with Crippen LogP contribution in [0.3, 0.4) is 0 Å².